The van der Waals surface area contributed by atoms with Gasteiger partial charge in [0.05, 0.1) is 12.2 Å². The van der Waals surface area contributed by atoms with Crippen LogP contribution in [0.25, 0.3) is 0 Å². The number of phenols is 1. The van der Waals surface area contributed by atoms with Gasteiger partial charge >= 0.3 is 0 Å². The number of aromatic hydroxyl groups is 1. The highest BCUT2D eigenvalue weighted by molar-refractivity contribution is 5.97. The average Bonchev–Trinajstić information content (AvgIpc) is 2.69. The molecule has 3 rings (SSSR count). The summed E-state index contributed by atoms with van der Waals surface area (Å²) >= 11 is 0. The van der Waals surface area contributed by atoms with E-state index in [2.05, 4.69) is 13.8 Å². The van der Waals surface area contributed by atoms with Crippen LogP contribution in [0.5, 0.6) is 17.2 Å². The predicted molar refractivity (Wildman–Crippen MR) is 109 cm³/mol. The Kier molecular flexibility index (Phi) is 6.45. The Hall–Kier alpha value is -2.69. The van der Waals surface area contributed by atoms with Crippen molar-refractivity contribution in [3.8, 4) is 17.2 Å². The standard InChI is InChI=1S/C23H29NO4/c1-4-27-21-7-5-6-8-22(21)28-18-11-13-24(14-12-18)23(26)19-10-9-17(16(2)3)15-20(19)25/h5-10,15-16,18,25H,4,11-14H2,1-3H3. The molecule has 0 radical (unpaired) electrons. The Bertz CT molecular complexity index is 810. The average molecular weight is 383 g/mol. The summed E-state index contributed by atoms with van der Waals surface area (Å²) in [6.45, 7) is 7.86. The number of nitrogens with zero attached hydrogens (tertiary/aromatic N) is 1. The number of carbonyl (C=O) groups is 1. The van der Waals surface area contributed by atoms with Crippen LogP contribution < -0.4 is 9.47 Å². The summed E-state index contributed by atoms with van der Waals surface area (Å²) in [7, 11) is 0. The van der Waals surface area contributed by atoms with Gasteiger partial charge in [0.2, 0.25) is 0 Å². The molecule has 2 aromatic rings. The molecule has 150 valence electrons. The maximum Gasteiger partial charge on any atom is 0.257 e. The van der Waals surface area contributed by atoms with Crippen molar-refractivity contribution in [3.63, 3.8) is 0 Å². The fourth-order valence-corrected chi connectivity index (χ4v) is 3.44. The lowest BCUT2D eigenvalue weighted by Gasteiger charge is -2.32. The molecule has 5 heteroatoms. The fraction of sp³-hybridized carbons (Fsp3) is 0.435. The van der Waals surface area contributed by atoms with Crippen LogP contribution in [0.2, 0.25) is 0 Å². The first-order valence-electron chi connectivity index (χ1n) is 10.00. The van der Waals surface area contributed by atoms with Crippen LogP contribution in [0.15, 0.2) is 42.5 Å². The molecule has 0 atom stereocenters. The molecule has 0 aliphatic carbocycles. The van der Waals surface area contributed by atoms with Crippen molar-refractivity contribution in [1.82, 2.24) is 4.90 Å². The minimum absolute atomic E-state index is 0.0440. The van der Waals surface area contributed by atoms with Gasteiger partial charge in [0.1, 0.15) is 11.9 Å². The quantitative estimate of drug-likeness (QED) is 0.792. The molecule has 1 amide bonds. The lowest BCUT2D eigenvalue weighted by Crippen LogP contribution is -2.41. The second-order valence-electron chi connectivity index (χ2n) is 7.42. The monoisotopic (exact) mass is 383 g/mol. The van der Waals surface area contributed by atoms with Gasteiger partial charge in [-0.1, -0.05) is 32.0 Å². The fourth-order valence-electron chi connectivity index (χ4n) is 3.44. The van der Waals surface area contributed by atoms with Gasteiger partial charge in [-0.3, -0.25) is 4.79 Å². The van der Waals surface area contributed by atoms with Crippen molar-refractivity contribution in [2.24, 2.45) is 0 Å². The molecule has 28 heavy (non-hydrogen) atoms. The highest BCUT2D eigenvalue weighted by Gasteiger charge is 2.26. The Balaban J connectivity index is 1.60. The summed E-state index contributed by atoms with van der Waals surface area (Å²) in [5, 5.41) is 10.3. The zero-order chi connectivity index (χ0) is 20.1. The molecule has 0 spiro atoms. The van der Waals surface area contributed by atoms with Crippen LogP contribution in [0.4, 0.5) is 0 Å². The number of piperidine rings is 1. The number of phenolic OH excluding ortho intramolecular Hbond substituents is 1. The third-order valence-corrected chi connectivity index (χ3v) is 5.09. The zero-order valence-corrected chi connectivity index (χ0v) is 16.9. The molecule has 5 nitrogen and oxygen atoms in total. The molecule has 1 N–H and O–H groups in total. The van der Waals surface area contributed by atoms with Crippen molar-refractivity contribution < 1.29 is 19.4 Å². The Morgan fingerprint density at radius 3 is 2.43 bits per heavy atom. The van der Waals surface area contributed by atoms with Crippen LogP contribution in [0, 0.1) is 0 Å². The molecule has 0 aromatic heterocycles. The van der Waals surface area contributed by atoms with Crippen molar-refractivity contribution >= 4 is 5.91 Å². The lowest BCUT2D eigenvalue weighted by atomic mass is 10.00. The minimum Gasteiger partial charge on any atom is -0.507 e. The van der Waals surface area contributed by atoms with E-state index in [0.29, 0.717) is 31.2 Å². The number of carbonyl (C=O) groups excluding carboxylic acids is 1. The smallest absolute Gasteiger partial charge is 0.257 e. The van der Waals surface area contributed by atoms with Gasteiger partial charge in [0.15, 0.2) is 11.5 Å². The van der Waals surface area contributed by atoms with E-state index >= 15 is 0 Å². The number of para-hydroxylation sites is 2. The lowest BCUT2D eigenvalue weighted by molar-refractivity contribution is 0.0586. The normalized spacial score (nSPS) is 14.9. The maximum atomic E-state index is 12.8. The van der Waals surface area contributed by atoms with Crippen molar-refractivity contribution in [1.29, 1.82) is 0 Å². The highest BCUT2D eigenvalue weighted by Crippen LogP contribution is 2.30. The zero-order valence-electron chi connectivity index (χ0n) is 16.9. The number of hydrogen-bond acceptors (Lipinski definition) is 4. The first-order chi connectivity index (χ1) is 13.5. The molecule has 0 bridgehead atoms. The van der Waals surface area contributed by atoms with Gasteiger partial charge in [-0.2, -0.15) is 0 Å². The summed E-state index contributed by atoms with van der Waals surface area (Å²) in [5.74, 6) is 1.73. The highest BCUT2D eigenvalue weighted by atomic mass is 16.5. The van der Waals surface area contributed by atoms with Gasteiger partial charge < -0.3 is 19.5 Å². The second-order valence-corrected chi connectivity index (χ2v) is 7.42. The van der Waals surface area contributed by atoms with Crippen LogP contribution in [-0.2, 0) is 0 Å². The largest absolute Gasteiger partial charge is 0.507 e. The Morgan fingerprint density at radius 1 is 1.14 bits per heavy atom. The third-order valence-electron chi connectivity index (χ3n) is 5.09. The van der Waals surface area contributed by atoms with E-state index < -0.39 is 0 Å². The first-order valence-corrected chi connectivity index (χ1v) is 10.00. The van der Waals surface area contributed by atoms with E-state index in [0.717, 1.165) is 29.9 Å². The molecular formula is C23H29NO4. The molecule has 1 fully saturated rings. The third kappa shape index (κ3) is 4.58. The first kappa shape index (κ1) is 20.1. The molecule has 1 saturated heterocycles. The van der Waals surface area contributed by atoms with Crippen molar-refractivity contribution in [2.45, 2.75) is 45.6 Å². The van der Waals surface area contributed by atoms with Crippen LogP contribution in [-0.4, -0.2) is 41.7 Å². The van der Waals surface area contributed by atoms with Gasteiger partial charge in [0.25, 0.3) is 5.91 Å². The molecule has 1 aliphatic heterocycles. The van der Waals surface area contributed by atoms with Gasteiger partial charge in [-0.15, -0.1) is 0 Å². The molecule has 0 unspecified atom stereocenters. The molecule has 0 saturated carbocycles. The van der Waals surface area contributed by atoms with E-state index in [1.807, 2.05) is 37.3 Å². The summed E-state index contributed by atoms with van der Waals surface area (Å²) in [6, 6.07) is 13.0. The summed E-state index contributed by atoms with van der Waals surface area (Å²) in [6.07, 6.45) is 1.54. The number of hydrogen-bond donors (Lipinski definition) is 1. The Morgan fingerprint density at radius 2 is 1.82 bits per heavy atom. The molecule has 1 aliphatic rings. The second kappa shape index (κ2) is 9.00. The summed E-state index contributed by atoms with van der Waals surface area (Å²) in [4.78, 5) is 14.6. The SMILES string of the molecule is CCOc1ccccc1OC1CCN(C(=O)c2ccc(C(C)C)cc2O)CC1. The maximum absolute atomic E-state index is 12.8. The van der Waals surface area contributed by atoms with E-state index in [-0.39, 0.29) is 17.8 Å². The minimum atomic E-state index is -0.124. The van der Waals surface area contributed by atoms with Crippen LogP contribution >= 0.6 is 0 Å². The predicted octanol–water partition coefficient (Wildman–Crippen LogP) is 4.60. The summed E-state index contributed by atoms with van der Waals surface area (Å²) < 4.78 is 11.7. The number of amides is 1. The number of benzene rings is 2. The van der Waals surface area contributed by atoms with E-state index in [1.165, 1.54) is 0 Å². The molecular weight excluding hydrogens is 354 g/mol. The topological polar surface area (TPSA) is 59.0 Å². The number of likely N-dealkylation sites (tertiary alicyclic amines) is 1. The Labute approximate surface area is 166 Å². The van der Waals surface area contributed by atoms with Gasteiger partial charge in [0, 0.05) is 25.9 Å². The van der Waals surface area contributed by atoms with Crippen molar-refractivity contribution in [2.75, 3.05) is 19.7 Å². The number of rotatable bonds is 6. The van der Waals surface area contributed by atoms with E-state index in [1.54, 1.807) is 17.0 Å². The van der Waals surface area contributed by atoms with E-state index in [9.17, 15) is 9.90 Å². The van der Waals surface area contributed by atoms with Crippen LogP contribution in [0.1, 0.15) is 55.5 Å². The van der Waals surface area contributed by atoms with E-state index in [4.69, 9.17) is 9.47 Å². The number of ether oxygens (including phenoxy) is 2. The van der Waals surface area contributed by atoms with Gasteiger partial charge in [-0.05, 0) is 42.7 Å². The molecule has 2 aromatic carbocycles. The summed E-state index contributed by atoms with van der Waals surface area (Å²) in [5.41, 5.74) is 1.39. The van der Waals surface area contributed by atoms with Crippen LogP contribution in [0.3, 0.4) is 0 Å². The molecule has 1 heterocycles. The van der Waals surface area contributed by atoms with Crippen molar-refractivity contribution in [3.05, 3.63) is 53.6 Å². The van der Waals surface area contributed by atoms with Gasteiger partial charge in [-0.25, -0.2) is 0 Å².